The lowest BCUT2D eigenvalue weighted by Gasteiger charge is -2.25. The fraction of sp³-hybridized carbons (Fsp3) is 0.500. The molecule has 1 atom stereocenters. The summed E-state index contributed by atoms with van der Waals surface area (Å²) in [5, 5.41) is 0. The zero-order chi connectivity index (χ0) is 15.5. The van der Waals surface area contributed by atoms with Gasteiger partial charge in [-0.1, -0.05) is 30.3 Å². The van der Waals surface area contributed by atoms with Crippen LogP contribution >= 0.6 is 0 Å². The fourth-order valence-corrected chi connectivity index (χ4v) is 3.03. The number of rotatable bonds is 5. The number of nitrogens with one attached hydrogen (secondary N) is 1. The van der Waals surface area contributed by atoms with E-state index in [4.69, 9.17) is 0 Å². The Morgan fingerprint density at radius 3 is 2.29 bits per heavy atom. The van der Waals surface area contributed by atoms with Gasteiger partial charge in [0, 0.05) is 27.2 Å². The van der Waals surface area contributed by atoms with Crippen LogP contribution in [-0.2, 0) is 15.0 Å². The van der Waals surface area contributed by atoms with Crippen LogP contribution < -0.4 is 4.72 Å². The summed E-state index contributed by atoms with van der Waals surface area (Å²) in [5.41, 5.74) is 0.653. The van der Waals surface area contributed by atoms with Crippen LogP contribution in [0.25, 0.3) is 0 Å². The second-order valence-electron chi connectivity index (χ2n) is 5.28. The van der Waals surface area contributed by atoms with Crippen molar-refractivity contribution in [3.63, 3.8) is 0 Å². The van der Waals surface area contributed by atoms with Gasteiger partial charge in [-0.15, -0.1) is 0 Å². The summed E-state index contributed by atoms with van der Waals surface area (Å²) < 4.78 is 27.7. The predicted molar refractivity (Wildman–Crippen MR) is 80.7 cm³/mol. The van der Waals surface area contributed by atoms with Crippen LogP contribution in [0.3, 0.4) is 0 Å². The third-order valence-corrected chi connectivity index (χ3v) is 5.04. The highest BCUT2D eigenvalue weighted by atomic mass is 32.2. The molecule has 0 unspecified atom stereocenters. The zero-order valence-corrected chi connectivity index (χ0v) is 13.1. The van der Waals surface area contributed by atoms with E-state index in [-0.39, 0.29) is 5.91 Å². The van der Waals surface area contributed by atoms with Crippen molar-refractivity contribution < 1.29 is 13.2 Å². The van der Waals surface area contributed by atoms with E-state index < -0.39 is 16.3 Å². The smallest absolute Gasteiger partial charge is 0.279 e. The number of nitrogens with zero attached hydrogens (tertiary/aromatic N) is 2. The van der Waals surface area contributed by atoms with Crippen molar-refractivity contribution >= 4 is 16.1 Å². The molecule has 1 N–H and O–H groups in total. The largest absolute Gasteiger partial charge is 0.341 e. The van der Waals surface area contributed by atoms with Gasteiger partial charge in [-0.3, -0.25) is 4.79 Å². The number of likely N-dealkylation sites (tertiary alicyclic amines) is 1. The van der Waals surface area contributed by atoms with Crippen LogP contribution in [0.4, 0.5) is 0 Å². The Labute approximate surface area is 125 Å². The van der Waals surface area contributed by atoms with Crippen LogP contribution in [0.15, 0.2) is 30.3 Å². The second kappa shape index (κ2) is 6.55. The molecule has 21 heavy (non-hydrogen) atoms. The Bertz CT molecular complexity index is 581. The third-order valence-electron chi connectivity index (χ3n) is 3.55. The Morgan fingerprint density at radius 1 is 1.19 bits per heavy atom. The second-order valence-corrected chi connectivity index (χ2v) is 7.20. The van der Waals surface area contributed by atoms with Gasteiger partial charge in [-0.2, -0.15) is 17.4 Å². The molecule has 1 aromatic rings. The number of benzene rings is 1. The van der Waals surface area contributed by atoms with E-state index in [9.17, 15) is 13.2 Å². The average Bonchev–Trinajstić information content (AvgIpc) is 2.99. The van der Waals surface area contributed by atoms with E-state index in [1.807, 2.05) is 6.07 Å². The lowest BCUT2D eigenvalue weighted by Crippen LogP contribution is -2.45. The van der Waals surface area contributed by atoms with Gasteiger partial charge in [0.15, 0.2) is 0 Å². The van der Waals surface area contributed by atoms with E-state index in [0.29, 0.717) is 18.7 Å². The van der Waals surface area contributed by atoms with Crippen molar-refractivity contribution in [2.24, 2.45) is 0 Å². The zero-order valence-electron chi connectivity index (χ0n) is 12.3. The first-order valence-corrected chi connectivity index (χ1v) is 8.39. The Morgan fingerprint density at radius 2 is 1.76 bits per heavy atom. The minimum Gasteiger partial charge on any atom is -0.341 e. The molecule has 6 nitrogen and oxygen atoms in total. The minimum absolute atomic E-state index is 0.191. The molecule has 0 aromatic heterocycles. The average molecular weight is 311 g/mol. The van der Waals surface area contributed by atoms with E-state index in [2.05, 4.69) is 4.72 Å². The Balaban J connectivity index is 2.28. The molecule has 1 saturated heterocycles. The lowest BCUT2D eigenvalue weighted by atomic mass is 10.1. The van der Waals surface area contributed by atoms with Crippen LogP contribution in [0.2, 0.25) is 0 Å². The molecule has 116 valence electrons. The SMILES string of the molecule is CN(C)S(=O)(=O)N[C@@H](C(=O)N1CCCC1)c1ccccc1. The summed E-state index contributed by atoms with van der Waals surface area (Å²) in [7, 11) is -0.814. The number of carbonyl (C=O) groups is 1. The maximum absolute atomic E-state index is 12.6. The molecule has 0 saturated carbocycles. The summed E-state index contributed by atoms with van der Waals surface area (Å²) in [6.45, 7) is 1.37. The van der Waals surface area contributed by atoms with Crippen LogP contribution in [0.1, 0.15) is 24.4 Å². The first-order chi connectivity index (χ1) is 9.92. The Kier molecular flexibility index (Phi) is 4.97. The van der Waals surface area contributed by atoms with Crippen molar-refractivity contribution in [2.75, 3.05) is 27.2 Å². The van der Waals surface area contributed by atoms with E-state index >= 15 is 0 Å². The summed E-state index contributed by atoms with van der Waals surface area (Å²) in [6, 6.07) is 8.07. The quantitative estimate of drug-likeness (QED) is 0.872. The summed E-state index contributed by atoms with van der Waals surface area (Å²) in [5.74, 6) is -0.191. The van der Waals surface area contributed by atoms with Gasteiger partial charge in [0.2, 0.25) is 5.91 Å². The molecule has 0 spiro atoms. The molecule has 1 amide bonds. The van der Waals surface area contributed by atoms with Crippen molar-refractivity contribution in [3.8, 4) is 0 Å². The summed E-state index contributed by atoms with van der Waals surface area (Å²) in [4.78, 5) is 14.3. The monoisotopic (exact) mass is 311 g/mol. The number of carbonyl (C=O) groups excluding carboxylic acids is 1. The van der Waals surface area contributed by atoms with Crippen molar-refractivity contribution in [2.45, 2.75) is 18.9 Å². The van der Waals surface area contributed by atoms with E-state index in [1.54, 1.807) is 29.2 Å². The normalized spacial score (nSPS) is 17.2. The minimum atomic E-state index is -3.68. The first kappa shape index (κ1) is 15.9. The van der Waals surface area contributed by atoms with Gasteiger partial charge in [0.1, 0.15) is 6.04 Å². The number of amides is 1. The van der Waals surface area contributed by atoms with Crippen molar-refractivity contribution in [3.05, 3.63) is 35.9 Å². The van der Waals surface area contributed by atoms with Gasteiger partial charge >= 0.3 is 0 Å². The molecule has 1 aliphatic heterocycles. The predicted octanol–water partition coefficient (Wildman–Crippen LogP) is 0.746. The molecular weight excluding hydrogens is 290 g/mol. The van der Waals surface area contributed by atoms with Crippen LogP contribution in [0, 0.1) is 0 Å². The Hall–Kier alpha value is -1.44. The summed E-state index contributed by atoms with van der Waals surface area (Å²) in [6.07, 6.45) is 1.93. The van der Waals surface area contributed by atoms with Crippen LogP contribution in [-0.4, -0.2) is 50.7 Å². The van der Waals surface area contributed by atoms with E-state index in [1.165, 1.54) is 14.1 Å². The van der Waals surface area contributed by atoms with E-state index in [0.717, 1.165) is 17.1 Å². The van der Waals surface area contributed by atoms with Gasteiger partial charge in [-0.05, 0) is 18.4 Å². The van der Waals surface area contributed by atoms with Gasteiger partial charge in [0.05, 0.1) is 0 Å². The van der Waals surface area contributed by atoms with Crippen molar-refractivity contribution in [1.82, 2.24) is 13.9 Å². The molecular formula is C14H21N3O3S. The molecule has 1 aliphatic rings. The molecule has 0 aliphatic carbocycles. The van der Waals surface area contributed by atoms with Gasteiger partial charge in [0.25, 0.3) is 10.2 Å². The molecule has 0 radical (unpaired) electrons. The molecule has 2 rings (SSSR count). The number of hydrogen-bond acceptors (Lipinski definition) is 3. The molecule has 1 aromatic carbocycles. The molecule has 1 heterocycles. The highest BCUT2D eigenvalue weighted by molar-refractivity contribution is 7.87. The number of hydrogen-bond donors (Lipinski definition) is 1. The fourth-order valence-electron chi connectivity index (χ4n) is 2.28. The lowest BCUT2D eigenvalue weighted by molar-refractivity contribution is -0.132. The maximum atomic E-state index is 12.6. The highest BCUT2D eigenvalue weighted by Gasteiger charge is 2.31. The standard InChI is InChI=1S/C14H21N3O3S/c1-16(2)21(19,20)15-13(12-8-4-3-5-9-12)14(18)17-10-6-7-11-17/h3-5,8-9,13,15H,6-7,10-11H2,1-2H3/t13-/m1/s1. The molecule has 0 bridgehead atoms. The topological polar surface area (TPSA) is 69.7 Å². The maximum Gasteiger partial charge on any atom is 0.279 e. The van der Waals surface area contributed by atoms with Gasteiger partial charge in [-0.25, -0.2) is 0 Å². The molecule has 1 fully saturated rings. The third kappa shape index (κ3) is 3.81. The van der Waals surface area contributed by atoms with Crippen molar-refractivity contribution in [1.29, 1.82) is 0 Å². The summed E-state index contributed by atoms with van der Waals surface area (Å²) >= 11 is 0. The van der Waals surface area contributed by atoms with Crippen LogP contribution in [0.5, 0.6) is 0 Å². The molecule has 7 heteroatoms. The van der Waals surface area contributed by atoms with Gasteiger partial charge < -0.3 is 4.90 Å². The first-order valence-electron chi connectivity index (χ1n) is 6.95. The highest BCUT2D eigenvalue weighted by Crippen LogP contribution is 2.20.